The van der Waals surface area contributed by atoms with Gasteiger partial charge in [0.05, 0.1) is 25.3 Å². The quantitative estimate of drug-likeness (QED) is 0.511. The van der Waals surface area contributed by atoms with Gasteiger partial charge in [-0.1, -0.05) is 17.7 Å². The van der Waals surface area contributed by atoms with Gasteiger partial charge in [-0.15, -0.1) is 0 Å². The van der Waals surface area contributed by atoms with Crippen LogP contribution in [0.1, 0.15) is 31.2 Å². The molecule has 190 valence electrons. The number of ether oxygens (including phenoxy) is 2. The second-order valence-corrected chi connectivity index (χ2v) is 10.0. The molecule has 0 unspecified atom stereocenters. The second-order valence-electron chi connectivity index (χ2n) is 9.61. The lowest BCUT2D eigenvalue weighted by atomic mass is 9.91. The van der Waals surface area contributed by atoms with Gasteiger partial charge in [-0.05, 0) is 56.4 Å². The van der Waals surface area contributed by atoms with E-state index in [1.165, 1.54) is 6.33 Å². The topological polar surface area (TPSA) is 79.8 Å². The van der Waals surface area contributed by atoms with Gasteiger partial charge in [0.2, 0.25) is 5.91 Å². The normalized spacial score (nSPS) is 21.0. The lowest BCUT2D eigenvalue weighted by molar-refractivity contribution is -0.135. The van der Waals surface area contributed by atoms with Gasteiger partial charge in [0.1, 0.15) is 12.1 Å². The molecule has 36 heavy (non-hydrogen) atoms. The predicted molar refractivity (Wildman–Crippen MR) is 141 cm³/mol. The fourth-order valence-corrected chi connectivity index (χ4v) is 5.26. The minimum absolute atomic E-state index is 0.0898. The van der Waals surface area contributed by atoms with E-state index >= 15 is 0 Å². The third kappa shape index (κ3) is 5.06. The summed E-state index contributed by atoms with van der Waals surface area (Å²) in [4.78, 5) is 25.2. The summed E-state index contributed by atoms with van der Waals surface area (Å²) >= 11 is 6.31. The number of anilines is 2. The summed E-state index contributed by atoms with van der Waals surface area (Å²) in [7, 11) is 3.52. The number of nitrogens with zero attached hydrogens (tertiary/aromatic N) is 4. The average molecular weight is 510 g/mol. The van der Waals surface area contributed by atoms with Gasteiger partial charge in [-0.25, -0.2) is 9.97 Å². The molecule has 1 saturated carbocycles. The van der Waals surface area contributed by atoms with Crippen LogP contribution in [-0.4, -0.2) is 71.6 Å². The Kier molecular flexibility index (Phi) is 7.16. The third-order valence-corrected chi connectivity index (χ3v) is 7.79. The lowest BCUT2D eigenvalue weighted by Gasteiger charge is -2.40. The number of piperazine rings is 1. The van der Waals surface area contributed by atoms with Gasteiger partial charge in [-0.3, -0.25) is 9.69 Å². The number of benzene rings is 2. The van der Waals surface area contributed by atoms with Gasteiger partial charge < -0.3 is 19.7 Å². The standard InChI is InChI=1S/C27H32ClN5O3/c1-17-21(28)5-4-6-22(17)31-27-20-13-25(24(35-3)14-23(20)29-16-30-27)36-19-9-7-18(8-10-19)33-12-11-32(2)26(34)15-33/h4-6,13-14,16,18-19H,7-12,15H2,1-3H3,(H,29,30,31)/t18-,19-. The number of carbonyl (C=O) groups excluding carboxylic acids is 1. The van der Waals surface area contributed by atoms with Crippen LogP contribution in [0, 0.1) is 6.92 Å². The summed E-state index contributed by atoms with van der Waals surface area (Å²) in [5.74, 6) is 2.23. The van der Waals surface area contributed by atoms with Crippen LogP contribution in [0.3, 0.4) is 0 Å². The summed E-state index contributed by atoms with van der Waals surface area (Å²) in [5.41, 5.74) is 2.61. The Bertz CT molecular complexity index is 1260. The van der Waals surface area contributed by atoms with Crippen molar-refractivity contribution in [2.75, 3.05) is 39.1 Å². The van der Waals surface area contributed by atoms with Crippen molar-refractivity contribution in [3.8, 4) is 11.5 Å². The van der Waals surface area contributed by atoms with E-state index in [2.05, 4.69) is 20.2 Å². The maximum absolute atomic E-state index is 12.1. The molecule has 3 aromatic rings. The summed E-state index contributed by atoms with van der Waals surface area (Å²) < 4.78 is 12.1. The molecule has 0 radical (unpaired) electrons. The Balaban J connectivity index is 1.33. The first-order valence-corrected chi connectivity index (χ1v) is 12.8. The number of hydrogen-bond acceptors (Lipinski definition) is 7. The molecule has 1 N–H and O–H groups in total. The predicted octanol–water partition coefficient (Wildman–Crippen LogP) is 4.81. The fraction of sp³-hybridized carbons (Fsp3) is 0.444. The molecule has 1 aromatic heterocycles. The van der Waals surface area contributed by atoms with Crippen LogP contribution in [0.4, 0.5) is 11.5 Å². The first-order valence-electron chi connectivity index (χ1n) is 12.4. The van der Waals surface area contributed by atoms with E-state index < -0.39 is 0 Å². The Hall–Kier alpha value is -3.10. The molecule has 1 aliphatic heterocycles. The number of amides is 1. The molecule has 1 saturated heterocycles. The van der Waals surface area contributed by atoms with Crippen molar-refractivity contribution in [1.29, 1.82) is 0 Å². The first-order chi connectivity index (χ1) is 17.4. The minimum Gasteiger partial charge on any atom is -0.493 e. The van der Waals surface area contributed by atoms with E-state index in [-0.39, 0.29) is 12.0 Å². The van der Waals surface area contributed by atoms with E-state index in [9.17, 15) is 4.79 Å². The summed E-state index contributed by atoms with van der Waals surface area (Å²) in [6.07, 6.45) is 5.53. The van der Waals surface area contributed by atoms with Crippen LogP contribution in [0.25, 0.3) is 10.9 Å². The molecule has 2 aliphatic rings. The maximum atomic E-state index is 12.1. The van der Waals surface area contributed by atoms with E-state index in [4.69, 9.17) is 21.1 Å². The van der Waals surface area contributed by atoms with E-state index in [1.54, 1.807) is 7.11 Å². The van der Waals surface area contributed by atoms with Crippen LogP contribution in [0.5, 0.6) is 11.5 Å². The summed E-state index contributed by atoms with van der Waals surface area (Å²) in [5, 5.41) is 4.94. The maximum Gasteiger partial charge on any atom is 0.236 e. The Morgan fingerprint density at radius 3 is 2.64 bits per heavy atom. The highest BCUT2D eigenvalue weighted by Gasteiger charge is 2.31. The van der Waals surface area contributed by atoms with Gasteiger partial charge in [0.15, 0.2) is 11.5 Å². The van der Waals surface area contributed by atoms with Gasteiger partial charge >= 0.3 is 0 Å². The number of likely N-dealkylation sites (N-methyl/N-ethyl adjacent to an activating group) is 1. The number of aromatic nitrogens is 2. The average Bonchev–Trinajstić information content (AvgIpc) is 2.89. The number of hydrogen-bond donors (Lipinski definition) is 1. The van der Waals surface area contributed by atoms with Crippen molar-refractivity contribution in [2.24, 2.45) is 0 Å². The number of nitrogens with one attached hydrogen (secondary N) is 1. The van der Waals surface area contributed by atoms with Crippen molar-refractivity contribution < 1.29 is 14.3 Å². The monoisotopic (exact) mass is 509 g/mol. The van der Waals surface area contributed by atoms with E-state index in [0.29, 0.717) is 34.9 Å². The van der Waals surface area contributed by atoms with Crippen LogP contribution >= 0.6 is 11.6 Å². The van der Waals surface area contributed by atoms with Gasteiger partial charge in [-0.2, -0.15) is 0 Å². The van der Waals surface area contributed by atoms with E-state index in [1.807, 2.05) is 49.2 Å². The minimum atomic E-state index is 0.0898. The van der Waals surface area contributed by atoms with Crippen molar-refractivity contribution in [1.82, 2.24) is 19.8 Å². The Labute approximate surface area is 216 Å². The molecule has 2 aromatic carbocycles. The SMILES string of the molecule is COc1cc2ncnc(Nc3cccc(Cl)c3C)c2cc1O[C@H]1CC[C@H](N2CCN(C)C(=O)C2)CC1. The van der Waals surface area contributed by atoms with Gasteiger partial charge in [0.25, 0.3) is 0 Å². The van der Waals surface area contributed by atoms with Crippen molar-refractivity contribution in [3.05, 3.63) is 47.2 Å². The number of halogens is 1. The number of fused-ring (bicyclic) bond motifs is 1. The zero-order valence-electron chi connectivity index (χ0n) is 21.0. The molecule has 5 rings (SSSR count). The van der Waals surface area contributed by atoms with Crippen LogP contribution in [-0.2, 0) is 4.79 Å². The lowest BCUT2D eigenvalue weighted by Crippen LogP contribution is -2.53. The van der Waals surface area contributed by atoms with Crippen molar-refractivity contribution in [2.45, 2.75) is 44.8 Å². The molecule has 8 nitrogen and oxygen atoms in total. The van der Waals surface area contributed by atoms with Crippen molar-refractivity contribution in [3.63, 3.8) is 0 Å². The molecule has 0 spiro atoms. The molecule has 0 bridgehead atoms. The molecule has 1 aliphatic carbocycles. The smallest absolute Gasteiger partial charge is 0.236 e. The Morgan fingerprint density at radius 2 is 1.89 bits per heavy atom. The fourth-order valence-electron chi connectivity index (χ4n) is 5.08. The van der Waals surface area contributed by atoms with Crippen LogP contribution in [0.2, 0.25) is 5.02 Å². The second kappa shape index (κ2) is 10.5. The molecule has 9 heteroatoms. The molecule has 2 heterocycles. The van der Waals surface area contributed by atoms with Gasteiger partial charge in [0, 0.05) is 48.3 Å². The zero-order valence-corrected chi connectivity index (χ0v) is 21.7. The summed E-state index contributed by atoms with van der Waals surface area (Å²) in [6, 6.07) is 10.0. The molecule has 2 fully saturated rings. The third-order valence-electron chi connectivity index (χ3n) is 7.38. The number of methoxy groups -OCH3 is 1. The molecular formula is C27H32ClN5O3. The highest BCUT2D eigenvalue weighted by molar-refractivity contribution is 6.31. The molecule has 0 atom stereocenters. The summed E-state index contributed by atoms with van der Waals surface area (Å²) in [6.45, 7) is 4.24. The van der Waals surface area contributed by atoms with Crippen LogP contribution < -0.4 is 14.8 Å². The van der Waals surface area contributed by atoms with E-state index in [0.717, 1.165) is 60.9 Å². The zero-order chi connectivity index (χ0) is 25.2. The Morgan fingerprint density at radius 1 is 1.08 bits per heavy atom. The van der Waals surface area contributed by atoms with Crippen molar-refractivity contribution >= 4 is 39.9 Å². The molecular weight excluding hydrogens is 478 g/mol. The number of carbonyl (C=O) groups is 1. The highest BCUT2D eigenvalue weighted by atomic mass is 35.5. The van der Waals surface area contributed by atoms with Crippen LogP contribution in [0.15, 0.2) is 36.7 Å². The highest BCUT2D eigenvalue weighted by Crippen LogP contribution is 2.38. The molecule has 1 amide bonds. The number of rotatable bonds is 6. The largest absolute Gasteiger partial charge is 0.493 e. The first kappa shape index (κ1) is 24.6.